The Hall–Kier alpha value is -4.46. The number of carbonyl (C=O) groups is 2. The fourth-order valence-corrected chi connectivity index (χ4v) is 5.11. The number of fused-ring (bicyclic) bond motifs is 2. The van der Waals surface area contributed by atoms with Crippen molar-refractivity contribution in [1.82, 2.24) is 0 Å². The van der Waals surface area contributed by atoms with Crippen molar-refractivity contribution < 1.29 is 40.2 Å². The van der Waals surface area contributed by atoms with Crippen molar-refractivity contribution >= 4 is 33.1 Å². The van der Waals surface area contributed by atoms with Crippen LogP contribution in [0.1, 0.15) is 66.0 Å². The van der Waals surface area contributed by atoms with Crippen molar-refractivity contribution in [1.29, 1.82) is 0 Å². The molecule has 0 saturated heterocycles. The van der Waals surface area contributed by atoms with Gasteiger partial charge in [0.05, 0.1) is 11.1 Å². The number of aromatic hydroxyl groups is 6. The van der Waals surface area contributed by atoms with E-state index in [0.717, 1.165) is 12.1 Å². The maximum Gasteiger partial charge on any atom is 0.170 e. The van der Waals surface area contributed by atoms with E-state index < -0.39 is 40.6 Å². The zero-order valence-corrected chi connectivity index (χ0v) is 22.7. The Morgan fingerprint density at radius 1 is 0.615 bits per heavy atom. The normalized spacial score (nSPS) is 12.4. The van der Waals surface area contributed by atoms with Crippen LogP contribution in [0.4, 0.5) is 0 Å². The maximum atomic E-state index is 13.1. The number of carbonyl (C=O) groups excluding carboxylic acids is 2. The summed E-state index contributed by atoms with van der Waals surface area (Å²) in [5.41, 5.74) is 1.12. The smallest absolute Gasteiger partial charge is 0.170 e. The van der Waals surface area contributed by atoms with Gasteiger partial charge in [-0.05, 0) is 55.7 Å². The third-order valence-corrected chi connectivity index (χ3v) is 7.46. The highest BCUT2D eigenvalue weighted by molar-refractivity contribution is 6.17. The Morgan fingerprint density at radius 3 is 1.36 bits per heavy atom. The largest absolute Gasteiger partial charge is 0.507 e. The fourth-order valence-electron chi connectivity index (χ4n) is 5.11. The molecule has 0 bridgehead atoms. The van der Waals surface area contributed by atoms with E-state index in [1.165, 1.54) is 0 Å². The molecule has 0 radical (unpaired) electrons. The molecule has 4 rings (SSSR count). The summed E-state index contributed by atoms with van der Waals surface area (Å²) in [7, 11) is 0. The average molecular weight is 533 g/mol. The summed E-state index contributed by atoms with van der Waals surface area (Å²) in [4.78, 5) is 26.0. The second kappa shape index (κ2) is 9.69. The first-order valence-corrected chi connectivity index (χ1v) is 12.7. The van der Waals surface area contributed by atoms with Crippen LogP contribution in [0, 0.1) is 25.7 Å². The molecule has 204 valence electrons. The molecule has 1 unspecified atom stereocenters. The van der Waals surface area contributed by atoms with Gasteiger partial charge in [-0.15, -0.1) is 0 Å². The molecule has 0 spiro atoms. The number of hydrogen-bond donors (Lipinski definition) is 6. The van der Waals surface area contributed by atoms with Crippen molar-refractivity contribution in [3.63, 3.8) is 0 Å². The summed E-state index contributed by atoms with van der Waals surface area (Å²) >= 11 is 0. The average Bonchev–Trinajstić information content (AvgIpc) is 2.87. The molecule has 0 aliphatic heterocycles. The minimum Gasteiger partial charge on any atom is -0.507 e. The Kier molecular flexibility index (Phi) is 6.85. The van der Waals surface area contributed by atoms with E-state index in [0.29, 0.717) is 17.5 Å². The van der Waals surface area contributed by atoms with E-state index in [9.17, 15) is 40.2 Å². The van der Waals surface area contributed by atoms with Gasteiger partial charge in [-0.3, -0.25) is 9.59 Å². The molecular weight excluding hydrogens is 500 g/mol. The van der Waals surface area contributed by atoms with Crippen LogP contribution in [0.15, 0.2) is 24.3 Å². The predicted octanol–water partition coefficient (Wildman–Crippen LogP) is 6.58. The van der Waals surface area contributed by atoms with Crippen molar-refractivity contribution in [2.75, 3.05) is 0 Å². The van der Waals surface area contributed by atoms with Crippen LogP contribution in [0.3, 0.4) is 0 Å². The van der Waals surface area contributed by atoms with Gasteiger partial charge in [0.2, 0.25) is 0 Å². The van der Waals surface area contributed by atoms with Crippen LogP contribution in [0.5, 0.6) is 34.5 Å². The molecule has 0 aliphatic rings. The van der Waals surface area contributed by atoms with Gasteiger partial charge in [0.25, 0.3) is 0 Å². The molecule has 0 amide bonds. The zero-order chi connectivity index (χ0) is 29.1. The minimum atomic E-state index is -0.579. The molecule has 0 aliphatic carbocycles. The van der Waals surface area contributed by atoms with Gasteiger partial charge in [-0.1, -0.05) is 27.7 Å². The van der Waals surface area contributed by atoms with Gasteiger partial charge in [0.15, 0.2) is 34.6 Å². The topological polar surface area (TPSA) is 156 Å². The summed E-state index contributed by atoms with van der Waals surface area (Å²) in [6, 6.07) is 5.51. The number of aryl methyl sites for hydroxylation is 2. The van der Waals surface area contributed by atoms with Gasteiger partial charge in [0, 0.05) is 44.5 Å². The number of phenolic OH excluding ortho intramolecular Hbond substituents is 6. The quantitative estimate of drug-likeness (QED) is 0.120. The standard InChI is InChI=1S/C31H32O8/c1-7-13(4)27(35)25-17-9-15(6)23(29(37)19(17)11-21(33)31(25)39)22-14(5)8-16-18(28(22)36)10-20(32)30(38)24(16)26(34)12(2)3/h8-13,32-33,36-39H,7H2,1-6H3. The van der Waals surface area contributed by atoms with E-state index in [1.807, 2.05) is 6.92 Å². The van der Waals surface area contributed by atoms with Crippen molar-refractivity contribution in [3.8, 4) is 45.6 Å². The van der Waals surface area contributed by atoms with Crippen molar-refractivity contribution in [2.45, 2.75) is 48.0 Å². The second-order valence-corrected chi connectivity index (χ2v) is 10.5. The molecule has 8 nitrogen and oxygen atoms in total. The van der Waals surface area contributed by atoms with E-state index >= 15 is 0 Å². The van der Waals surface area contributed by atoms with Gasteiger partial charge < -0.3 is 30.6 Å². The highest BCUT2D eigenvalue weighted by Gasteiger charge is 2.29. The Labute approximate surface area is 225 Å². The number of phenols is 6. The molecule has 4 aromatic rings. The first-order chi connectivity index (χ1) is 18.2. The molecule has 1 atom stereocenters. The molecule has 0 saturated carbocycles. The van der Waals surface area contributed by atoms with Crippen LogP contribution in [-0.2, 0) is 0 Å². The number of hydrogen-bond acceptors (Lipinski definition) is 8. The van der Waals surface area contributed by atoms with Crippen LogP contribution < -0.4 is 0 Å². The molecule has 0 heterocycles. The Bertz CT molecular complexity index is 1700. The van der Waals surface area contributed by atoms with E-state index in [2.05, 4.69) is 0 Å². The lowest BCUT2D eigenvalue weighted by molar-refractivity contribution is 0.0922. The van der Waals surface area contributed by atoms with Crippen LogP contribution in [0.25, 0.3) is 32.7 Å². The fraction of sp³-hybridized carbons (Fsp3) is 0.290. The van der Waals surface area contributed by atoms with Gasteiger partial charge in [-0.25, -0.2) is 0 Å². The maximum absolute atomic E-state index is 13.1. The van der Waals surface area contributed by atoms with Crippen molar-refractivity contribution in [3.05, 3.63) is 46.5 Å². The molecule has 8 heteroatoms. The van der Waals surface area contributed by atoms with Crippen molar-refractivity contribution in [2.24, 2.45) is 11.8 Å². The van der Waals surface area contributed by atoms with Gasteiger partial charge in [-0.2, -0.15) is 0 Å². The predicted molar refractivity (Wildman–Crippen MR) is 149 cm³/mol. The third-order valence-electron chi connectivity index (χ3n) is 7.46. The first kappa shape index (κ1) is 27.6. The van der Waals surface area contributed by atoms with E-state index in [-0.39, 0.29) is 61.1 Å². The summed E-state index contributed by atoms with van der Waals surface area (Å²) in [5.74, 6) is -4.71. The summed E-state index contributed by atoms with van der Waals surface area (Å²) in [6.45, 7) is 10.2. The van der Waals surface area contributed by atoms with Crippen LogP contribution in [-0.4, -0.2) is 42.2 Å². The lowest BCUT2D eigenvalue weighted by Crippen LogP contribution is -2.11. The molecule has 4 aromatic carbocycles. The highest BCUT2D eigenvalue weighted by Crippen LogP contribution is 2.51. The van der Waals surface area contributed by atoms with Crippen LogP contribution in [0.2, 0.25) is 0 Å². The minimum absolute atomic E-state index is 0.0926. The number of rotatable bonds is 6. The summed E-state index contributed by atoms with van der Waals surface area (Å²) in [5, 5.41) is 65.5. The van der Waals surface area contributed by atoms with E-state index in [4.69, 9.17) is 0 Å². The lowest BCUT2D eigenvalue weighted by Gasteiger charge is -2.21. The van der Waals surface area contributed by atoms with E-state index in [1.54, 1.807) is 46.8 Å². The molecular formula is C31H32O8. The summed E-state index contributed by atoms with van der Waals surface area (Å²) in [6.07, 6.45) is 0.506. The Morgan fingerprint density at radius 2 is 1.00 bits per heavy atom. The highest BCUT2D eigenvalue weighted by atomic mass is 16.3. The van der Waals surface area contributed by atoms with Crippen LogP contribution >= 0.6 is 0 Å². The molecule has 39 heavy (non-hydrogen) atoms. The third kappa shape index (κ3) is 4.16. The monoisotopic (exact) mass is 532 g/mol. The summed E-state index contributed by atoms with van der Waals surface area (Å²) < 4.78 is 0. The lowest BCUT2D eigenvalue weighted by atomic mass is 9.85. The Balaban J connectivity index is 2.11. The van der Waals surface area contributed by atoms with Gasteiger partial charge >= 0.3 is 0 Å². The van der Waals surface area contributed by atoms with Gasteiger partial charge in [0.1, 0.15) is 11.5 Å². The second-order valence-electron chi connectivity index (χ2n) is 10.5. The number of Topliss-reactive ketones (excluding diaryl/α,β-unsaturated/α-hetero) is 2. The first-order valence-electron chi connectivity index (χ1n) is 12.7. The number of benzene rings is 4. The molecule has 0 fully saturated rings. The molecule has 6 N–H and O–H groups in total. The SMILES string of the molecule is CCC(C)C(=O)c1c(O)c(O)cc2c(O)c(-c3c(C)cc4c(C(=O)C(C)C)c(O)c(O)cc4c3O)c(C)cc12. The molecule has 0 aromatic heterocycles. The zero-order valence-electron chi connectivity index (χ0n) is 22.7. The number of ketones is 2.